The smallest absolute Gasteiger partial charge is 0.173 e. The molecule has 0 amide bonds. The lowest BCUT2D eigenvalue weighted by Gasteiger charge is -2.56. The van der Waals surface area contributed by atoms with Crippen LogP contribution in [0.2, 0.25) is 0 Å². The normalized spacial score (nSPS) is 44.5. The minimum Gasteiger partial charge on any atom is -0.349 e. The molecule has 2 aliphatic rings. The zero-order valence-corrected chi connectivity index (χ0v) is 13.0. The van der Waals surface area contributed by atoms with E-state index in [4.69, 9.17) is 9.47 Å². The summed E-state index contributed by atoms with van der Waals surface area (Å²) in [4.78, 5) is 0. The van der Waals surface area contributed by atoms with Crippen LogP contribution in [0.4, 0.5) is 0 Å². The van der Waals surface area contributed by atoms with Gasteiger partial charge in [0.2, 0.25) is 0 Å². The predicted molar refractivity (Wildman–Crippen MR) is 74.4 cm³/mol. The van der Waals surface area contributed by atoms with Crippen LogP contribution in [0.1, 0.15) is 60.8 Å². The average Bonchev–Trinajstić information content (AvgIpc) is 2.27. The first-order valence-electron chi connectivity index (χ1n) is 7.61. The summed E-state index contributed by atoms with van der Waals surface area (Å²) in [6.45, 7) is 14.5. The molecule has 1 spiro atoms. The highest BCUT2D eigenvalue weighted by Crippen LogP contribution is 2.49. The van der Waals surface area contributed by atoms with Gasteiger partial charge in [-0.25, -0.2) is 0 Å². The Morgan fingerprint density at radius 1 is 1.06 bits per heavy atom. The van der Waals surface area contributed by atoms with Crippen molar-refractivity contribution >= 4 is 0 Å². The summed E-state index contributed by atoms with van der Waals surface area (Å²) < 4.78 is 12.9. The molecule has 0 bridgehead atoms. The second-order valence-electron chi connectivity index (χ2n) is 7.51. The summed E-state index contributed by atoms with van der Waals surface area (Å²) in [5, 5.41) is 0. The molecule has 1 heterocycles. The molecule has 2 heteroatoms. The zero-order chi connectivity index (χ0) is 13.6. The van der Waals surface area contributed by atoms with Crippen molar-refractivity contribution < 1.29 is 9.47 Å². The zero-order valence-electron chi connectivity index (χ0n) is 13.0. The highest BCUT2D eigenvalue weighted by Gasteiger charge is 2.54. The van der Waals surface area contributed by atoms with E-state index in [1.165, 1.54) is 19.3 Å². The van der Waals surface area contributed by atoms with Crippen LogP contribution in [-0.2, 0) is 9.47 Å². The fourth-order valence-electron chi connectivity index (χ4n) is 3.95. The molecule has 1 saturated carbocycles. The first-order chi connectivity index (χ1) is 8.29. The van der Waals surface area contributed by atoms with E-state index < -0.39 is 0 Å². The maximum atomic E-state index is 6.59. The van der Waals surface area contributed by atoms with Gasteiger partial charge >= 0.3 is 0 Å². The van der Waals surface area contributed by atoms with Crippen LogP contribution in [-0.4, -0.2) is 18.5 Å². The number of rotatable bonds is 1. The quantitative estimate of drug-likeness (QED) is 0.697. The largest absolute Gasteiger partial charge is 0.349 e. The topological polar surface area (TPSA) is 18.5 Å². The van der Waals surface area contributed by atoms with Crippen LogP contribution in [0.25, 0.3) is 0 Å². The summed E-state index contributed by atoms with van der Waals surface area (Å²) in [5.41, 5.74) is 0.121. The minimum absolute atomic E-state index is 0.121. The summed E-state index contributed by atoms with van der Waals surface area (Å²) in [7, 11) is 0. The standard InChI is InChI=1S/C16H30O2/c1-11(2)14-15(5,6)10-17-16(18-14)12(3)8-7-9-13(16)4/h11-14H,7-10H2,1-6H3. The molecule has 106 valence electrons. The van der Waals surface area contributed by atoms with Gasteiger partial charge in [-0.15, -0.1) is 0 Å². The van der Waals surface area contributed by atoms with Gasteiger partial charge in [-0.05, 0) is 18.8 Å². The van der Waals surface area contributed by atoms with E-state index in [-0.39, 0.29) is 11.2 Å². The molecule has 0 radical (unpaired) electrons. The molecule has 0 N–H and O–H groups in total. The summed E-state index contributed by atoms with van der Waals surface area (Å²) in [5.74, 6) is 1.25. The third-order valence-electron chi connectivity index (χ3n) is 5.00. The molecule has 0 aromatic rings. The monoisotopic (exact) mass is 254 g/mol. The minimum atomic E-state index is -0.317. The molecule has 2 rings (SSSR count). The first kappa shape index (κ1) is 14.3. The Hall–Kier alpha value is -0.0800. The van der Waals surface area contributed by atoms with E-state index in [9.17, 15) is 0 Å². The molecule has 2 fully saturated rings. The summed E-state index contributed by atoms with van der Waals surface area (Å²) in [6, 6.07) is 0. The van der Waals surface area contributed by atoms with Gasteiger partial charge in [0.1, 0.15) is 0 Å². The number of hydrogen-bond donors (Lipinski definition) is 0. The molecule has 0 aromatic carbocycles. The fourth-order valence-corrected chi connectivity index (χ4v) is 3.95. The van der Waals surface area contributed by atoms with Crippen molar-refractivity contribution in [2.45, 2.75) is 72.7 Å². The molecule has 18 heavy (non-hydrogen) atoms. The maximum Gasteiger partial charge on any atom is 0.173 e. The van der Waals surface area contributed by atoms with Gasteiger partial charge in [-0.1, -0.05) is 48.0 Å². The molecule has 3 atom stereocenters. The maximum absolute atomic E-state index is 6.59. The third kappa shape index (κ3) is 2.22. The van der Waals surface area contributed by atoms with E-state index in [1.807, 2.05) is 0 Å². The second kappa shape index (κ2) is 4.79. The van der Waals surface area contributed by atoms with Crippen LogP contribution >= 0.6 is 0 Å². The van der Waals surface area contributed by atoms with Crippen LogP contribution in [0.3, 0.4) is 0 Å². The van der Waals surface area contributed by atoms with Crippen molar-refractivity contribution in [2.75, 3.05) is 6.61 Å². The van der Waals surface area contributed by atoms with Crippen molar-refractivity contribution in [3.8, 4) is 0 Å². The Kier molecular flexibility index (Phi) is 3.81. The SMILES string of the molecule is CC(C)C1OC2(OCC1(C)C)C(C)CCCC2C. The highest BCUT2D eigenvalue weighted by atomic mass is 16.7. The fraction of sp³-hybridized carbons (Fsp3) is 1.00. The van der Waals surface area contributed by atoms with Gasteiger partial charge in [-0.2, -0.15) is 0 Å². The predicted octanol–water partition coefficient (Wildman–Crippen LogP) is 4.24. The number of hydrogen-bond acceptors (Lipinski definition) is 2. The van der Waals surface area contributed by atoms with Gasteiger partial charge < -0.3 is 9.47 Å². The number of ether oxygens (including phenoxy) is 2. The summed E-state index contributed by atoms with van der Waals surface area (Å²) >= 11 is 0. The van der Waals surface area contributed by atoms with E-state index >= 15 is 0 Å². The third-order valence-corrected chi connectivity index (χ3v) is 5.00. The van der Waals surface area contributed by atoms with Gasteiger partial charge in [0.15, 0.2) is 5.79 Å². The van der Waals surface area contributed by atoms with Crippen LogP contribution in [0.5, 0.6) is 0 Å². The second-order valence-corrected chi connectivity index (χ2v) is 7.51. The Balaban J connectivity index is 2.25. The first-order valence-corrected chi connectivity index (χ1v) is 7.61. The van der Waals surface area contributed by atoms with Crippen LogP contribution < -0.4 is 0 Å². The van der Waals surface area contributed by atoms with E-state index in [0.717, 1.165) is 6.61 Å². The van der Waals surface area contributed by atoms with E-state index in [1.54, 1.807) is 0 Å². The molecule has 1 saturated heterocycles. The van der Waals surface area contributed by atoms with E-state index in [0.29, 0.717) is 23.9 Å². The highest BCUT2D eigenvalue weighted by molar-refractivity contribution is 4.95. The van der Waals surface area contributed by atoms with Crippen molar-refractivity contribution in [1.29, 1.82) is 0 Å². The molecular weight excluding hydrogens is 224 g/mol. The molecular formula is C16H30O2. The van der Waals surface area contributed by atoms with Crippen LogP contribution in [0, 0.1) is 23.2 Å². The van der Waals surface area contributed by atoms with Gasteiger partial charge in [0, 0.05) is 17.3 Å². The lowest BCUT2D eigenvalue weighted by Crippen LogP contribution is -2.61. The lowest BCUT2D eigenvalue weighted by molar-refractivity contribution is -0.380. The Bertz CT molecular complexity index is 285. The average molecular weight is 254 g/mol. The molecule has 2 nitrogen and oxygen atoms in total. The Morgan fingerprint density at radius 2 is 1.61 bits per heavy atom. The molecule has 0 aromatic heterocycles. The van der Waals surface area contributed by atoms with Crippen molar-refractivity contribution in [3.05, 3.63) is 0 Å². The van der Waals surface area contributed by atoms with Gasteiger partial charge in [0.05, 0.1) is 12.7 Å². The van der Waals surface area contributed by atoms with E-state index in [2.05, 4.69) is 41.5 Å². The Morgan fingerprint density at radius 3 is 2.11 bits per heavy atom. The van der Waals surface area contributed by atoms with Crippen molar-refractivity contribution in [2.24, 2.45) is 23.2 Å². The van der Waals surface area contributed by atoms with Gasteiger partial charge in [-0.3, -0.25) is 0 Å². The Labute approximate surface area is 112 Å². The van der Waals surface area contributed by atoms with Crippen molar-refractivity contribution in [1.82, 2.24) is 0 Å². The van der Waals surface area contributed by atoms with Crippen LogP contribution in [0.15, 0.2) is 0 Å². The summed E-state index contributed by atoms with van der Waals surface area (Å²) in [6.07, 6.45) is 4.08. The van der Waals surface area contributed by atoms with Gasteiger partial charge in [0.25, 0.3) is 0 Å². The van der Waals surface area contributed by atoms with Crippen molar-refractivity contribution in [3.63, 3.8) is 0 Å². The molecule has 3 unspecified atom stereocenters. The molecule has 1 aliphatic carbocycles. The lowest BCUT2D eigenvalue weighted by atomic mass is 9.73. The molecule has 1 aliphatic heterocycles.